The fourth-order valence-electron chi connectivity index (χ4n) is 3.24. The largest absolute Gasteiger partial charge is 0.426 e. The molecular weight excluding hydrogens is 358 g/mol. The van der Waals surface area contributed by atoms with Gasteiger partial charge < -0.3 is 4.74 Å². The van der Waals surface area contributed by atoms with E-state index in [2.05, 4.69) is 0 Å². The van der Waals surface area contributed by atoms with Gasteiger partial charge in [0.2, 0.25) is 0 Å². The van der Waals surface area contributed by atoms with Crippen molar-refractivity contribution in [2.24, 2.45) is 5.92 Å². The van der Waals surface area contributed by atoms with E-state index in [0.29, 0.717) is 16.9 Å². The van der Waals surface area contributed by atoms with Gasteiger partial charge in [0.05, 0.1) is 10.8 Å². The molecule has 2 aromatic rings. The number of rotatable bonds is 6. The van der Waals surface area contributed by atoms with E-state index in [4.69, 9.17) is 4.74 Å². The third-order valence-corrected chi connectivity index (χ3v) is 4.80. The topological polar surface area (TPSA) is 86.5 Å². The van der Waals surface area contributed by atoms with Gasteiger partial charge in [0, 0.05) is 17.7 Å². The normalized spacial score (nSPS) is 14.7. The van der Waals surface area contributed by atoms with Crippen molar-refractivity contribution in [3.8, 4) is 5.75 Å². The SMILES string of the molecule is O=C(/C=C/c1cccc([N+](=O)[O-])c1)c1ccc(OC(=O)C2CCCCC2)cc1. The first-order valence-corrected chi connectivity index (χ1v) is 9.31. The lowest BCUT2D eigenvalue weighted by Crippen LogP contribution is -2.22. The molecule has 6 heteroatoms. The number of non-ortho nitro benzene ring substituents is 1. The average Bonchev–Trinajstić information content (AvgIpc) is 2.73. The number of nitrogens with zero attached hydrogens (tertiary/aromatic N) is 1. The van der Waals surface area contributed by atoms with Crippen LogP contribution in [-0.4, -0.2) is 16.7 Å². The van der Waals surface area contributed by atoms with Gasteiger partial charge in [0.1, 0.15) is 5.75 Å². The predicted molar refractivity (Wildman–Crippen MR) is 105 cm³/mol. The van der Waals surface area contributed by atoms with E-state index in [1.165, 1.54) is 30.7 Å². The van der Waals surface area contributed by atoms with Crippen LogP contribution in [0.2, 0.25) is 0 Å². The smallest absolute Gasteiger partial charge is 0.314 e. The Kier molecular flexibility index (Phi) is 6.32. The quantitative estimate of drug-likeness (QED) is 0.176. The Morgan fingerprint density at radius 3 is 2.43 bits per heavy atom. The third-order valence-electron chi connectivity index (χ3n) is 4.80. The number of carbonyl (C=O) groups excluding carboxylic acids is 2. The zero-order valence-electron chi connectivity index (χ0n) is 15.4. The van der Waals surface area contributed by atoms with Crippen molar-refractivity contribution in [3.63, 3.8) is 0 Å². The second kappa shape index (κ2) is 9.08. The number of hydrogen-bond donors (Lipinski definition) is 0. The Morgan fingerprint density at radius 2 is 1.75 bits per heavy atom. The van der Waals surface area contributed by atoms with Crippen LogP contribution in [0.5, 0.6) is 5.75 Å². The summed E-state index contributed by atoms with van der Waals surface area (Å²) in [6.45, 7) is 0. The molecule has 0 radical (unpaired) electrons. The second-order valence-electron chi connectivity index (χ2n) is 6.83. The molecule has 6 nitrogen and oxygen atoms in total. The number of ketones is 1. The molecule has 0 heterocycles. The zero-order valence-corrected chi connectivity index (χ0v) is 15.4. The lowest BCUT2D eigenvalue weighted by molar-refractivity contribution is -0.384. The van der Waals surface area contributed by atoms with Crippen molar-refractivity contribution >= 4 is 23.5 Å². The molecule has 0 atom stereocenters. The number of benzene rings is 2. The van der Waals surface area contributed by atoms with Gasteiger partial charge in [-0.1, -0.05) is 37.5 Å². The van der Waals surface area contributed by atoms with E-state index < -0.39 is 4.92 Å². The minimum Gasteiger partial charge on any atom is -0.426 e. The van der Waals surface area contributed by atoms with Gasteiger partial charge in [-0.25, -0.2) is 0 Å². The van der Waals surface area contributed by atoms with Crippen molar-refractivity contribution < 1.29 is 19.2 Å². The van der Waals surface area contributed by atoms with Crippen LogP contribution in [0.25, 0.3) is 6.08 Å². The summed E-state index contributed by atoms with van der Waals surface area (Å²) in [6.07, 6.45) is 7.93. The van der Waals surface area contributed by atoms with Crippen molar-refractivity contribution in [2.45, 2.75) is 32.1 Å². The summed E-state index contributed by atoms with van der Waals surface area (Å²) in [6, 6.07) is 12.5. The Labute approximate surface area is 163 Å². The summed E-state index contributed by atoms with van der Waals surface area (Å²) in [5.74, 6) is -0.0521. The van der Waals surface area contributed by atoms with E-state index in [-0.39, 0.29) is 23.4 Å². The van der Waals surface area contributed by atoms with E-state index >= 15 is 0 Å². The van der Waals surface area contributed by atoms with Gasteiger partial charge in [-0.15, -0.1) is 0 Å². The number of nitro groups is 1. The summed E-state index contributed by atoms with van der Waals surface area (Å²) < 4.78 is 5.42. The second-order valence-corrected chi connectivity index (χ2v) is 6.83. The first kappa shape index (κ1) is 19.5. The number of carbonyl (C=O) groups is 2. The number of nitro benzene ring substituents is 1. The van der Waals surface area contributed by atoms with E-state index in [9.17, 15) is 19.7 Å². The standard InChI is InChI=1S/C22H21NO5/c24-21(14-9-16-5-4-8-19(15-16)23(26)27)17-10-12-20(13-11-17)28-22(25)18-6-2-1-3-7-18/h4-5,8-15,18H,1-3,6-7H2/b14-9+. The van der Waals surface area contributed by atoms with Crippen molar-refractivity contribution in [1.29, 1.82) is 0 Å². The van der Waals surface area contributed by atoms with Crippen molar-refractivity contribution in [2.75, 3.05) is 0 Å². The Hall–Kier alpha value is -3.28. The highest BCUT2D eigenvalue weighted by atomic mass is 16.6. The highest BCUT2D eigenvalue weighted by molar-refractivity contribution is 6.06. The molecule has 0 aromatic heterocycles. The van der Waals surface area contributed by atoms with Crippen LogP contribution in [0.15, 0.2) is 54.6 Å². The van der Waals surface area contributed by atoms with Gasteiger partial charge >= 0.3 is 5.97 Å². The van der Waals surface area contributed by atoms with Gasteiger partial charge in [-0.2, -0.15) is 0 Å². The lowest BCUT2D eigenvalue weighted by atomic mass is 9.89. The van der Waals surface area contributed by atoms with Gasteiger partial charge in [-0.05, 0) is 48.7 Å². The molecule has 1 saturated carbocycles. The van der Waals surface area contributed by atoms with Gasteiger partial charge in [0.15, 0.2) is 5.78 Å². The summed E-state index contributed by atoms with van der Waals surface area (Å²) in [5, 5.41) is 10.8. The van der Waals surface area contributed by atoms with Crippen molar-refractivity contribution in [1.82, 2.24) is 0 Å². The molecule has 2 aromatic carbocycles. The number of allylic oxidation sites excluding steroid dienone is 1. The Morgan fingerprint density at radius 1 is 1.04 bits per heavy atom. The highest BCUT2D eigenvalue weighted by Gasteiger charge is 2.22. The Balaban J connectivity index is 1.61. The van der Waals surface area contributed by atoms with Crippen LogP contribution in [0, 0.1) is 16.0 Å². The van der Waals surface area contributed by atoms with Gasteiger partial charge in [-0.3, -0.25) is 19.7 Å². The molecule has 0 aliphatic heterocycles. The van der Waals surface area contributed by atoms with Crippen LogP contribution in [0.3, 0.4) is 0 Å². The minimum absolute atomic E-state index is 0.0290. The van der Waals surface area contributed by atoms with Crippen LogP contribution < -0.4 is 4.74 Å². The molecule has 0 spiro atoms. The molecule has 3 rings (SSSR count). The molecular formula is C22H21NO5. The highest BCUT2D eigenvalue weighted by Crippen LogP contribution is 2.25. The molecule has 1 fully saturated rings. The molecule has 0 N–H and O–H groups in total. The summed E-state index contributed by atoms with van der Waals surface area (Å²) >= 11 is 0. The van der Waals surface area contributed by atoms with Crippen LogP contribution >= 0.6 is 0 Å². The Bertz CT molecular complexity index is 895. The third kappa shape index (κ3) is 5.13. The van der Waals surface area contributed by atoms with Crippen molar-refractivity contribution in [3.05, 3.63) is 75.8 Å². The first-order valence-electron chi connectivity index (χ1n) is 9.31. The summed E-state index contributed by atoms with van der Waals surface area (Å²) in [4.78, 5) is 34.8. The molecule has 0 saturated heterocycles. The van der Waals surface area contributed by atoms with E-state index in [1.54, 1.807) is 36.4 Å². The molecule has 0 unspecified atom stereocenters. The predicted octanol–water partition coefficient (Wildman–Crippen LogP) is 4.98. The van der Waals surface area contributed by atoms with Crippen LogP contribution in [0.1, 0.15) is 48.0 Å². The molecule has 0 bridgehead atoms. The fraction of sp³-hybridized carbons (Fsp3) is 0.273. The molecule has 1 aliphatic rings. The molecule has 1 aliphatic carbocycles. The summed E-state index contributed by atoms with van der Waals surface area (Å²) in [7, 11) is 0. The molecule has 144 valence electrons. The minimum atomic E-state index is -0.480. The number of hydrogen-bond acceptors (Lipinski definition) is 5. The molecule has 28 heavy (non-hydrogen) atoms. The van der Waals surface area contributed by atoms with E-state index in [0.717, 1.165) is 25.7 Å². The van der Waals surface area contributed by atoms with E-state index in [1.807, 2.05) is 0 Å². The fourth-order valence-corrected chi connectivity index (χ4v) is 3.24. The maximum Gasteiger partial charge on any atom is 0.314 e. The average molecular weight is 379 g/mol. The zero-order chi connectivity index (χ0) is 19.9. The molecule has 0 amide bonds. The number of esters is 1. The van der Waals surface area contributed by atoms with Crippen LogP contribution in [-0.2, 0) is 4.79 Å². The monoisotopic (exact) mass is 379 g/mol. The maximum atomic E-state index is 12.3. The van der Waals surface area contributed by atoms with Gasteiger partial charge in [0.25, 0.3) is 5.69 Å². The maximum absolute atomic E-state index is 12.3. The lowest BCUT2D eigenvalue weighted by Gasteiger charge is -2.19. The summed E-state index contributed by atoms with van der Waals surface area (Å²) in [5.41, 5.74) is 0.985. The van der Waals surface area contributed by atoms with Crippen LogP contribution in [0.4, 0.5) is 5.69 Å². The first-order chi connectivity index (χ1) is 13.5. The number of ether oxygens (including phenoxy) is 1.